The number of thiazole rings is 1. The summed E-state index contributed by atoms with van der Waals surface area (Å²) in [7, 11) is 1.92. The van der Waals surface area contributed by atoms with Crippen molar-refractivity contribution >= 4 is 11.3 Å². The smallest absolute Gasteiger partial charge is 0.162 e. The molecular formula is C13H14N2O2S. The monoisotopic (exact) mass is 262 g/mol. The van der Waals surface area contributed by atoms with Crippen LogP contribution >= 0.6 is 11.3 Å². The van der Waals surface area contributed by atoms with Crippen LogP contribution in [-0.4, -0.2) is 25.2 Å². The topological polar surface area (TPSA) is 43.4 Å². The van der Waals surface area contributed by atoms with Crippen molar-refractivity contribution in [3.05, 3.63) is 29.4 Å². The Morgan fingerprint density at radius 2 is 2.11 bits per heavy atom. The molecule has 0 bridgehead atoms. The third-order valence-electron chi connectivity index (χ3n) is 2.71. The highest BCUT2D eigenvalue weighted by Gasteiger charge is 2.13. The normalized spacial score (nSPS) is 13.6. The molecule has 0 atom stereocenters. The highest BCUT2D eigenvalue weighted by atomic mass is 32.1. The highest BCUT2D eigenvalue weighted by Crippen LogP contribution is 2.36. The van der Waals surface area contributed by atoms with Crippen molar-refractivity contribution in [2.45, 2.75) is 6.54 Å². The first-order valence-electron chi connectivity index (χ1n) is 5.86. The van der Waals surface area contributed by atoms with E-state index in [-0.39, 0.29) is 0 Å². The van der Waals surface area contributed by atoms with Gasteiger partial charge in [0, 0.05) is 12.7 Å². The second-order valence-corrected chi connectivity index (χ2v) is 5.12. The van der Waals surface area contributed by atoms with E-state index >= 15 is 0 Å². The first-order chi connectivity index (χ1) is 8.86. The average molecular weight is 262 g/mol. The quantitative estimate of drug-likeness (QED) is 0.921. The van der Waals surface area contributed by atoms with Gasteiger partial charge in [-0.25, -0.2) is 4.98 Å². The van der Waals surface area contributed by atoms with Gasteiger partial charge in [-0.3, -0.25) is 0 Å². The van der Waals surface area contributed by atoms with Crippen molar-refractivity contribution in [3.63, 3.8) is 0 Å². The van der Waals surface area contributed by atoms with E-state index in [1.807, 2.05) is 31.4 Å². The van der Waals surface area contributed by atoms with Crippen molar-refractivity contribution in [1.29, 1.82) is 0 Å². The molecule has 2 heterocycles. The minimum atomic E-state index is 0.615. The Morgan fingerprint density at radius 1 is 1.28 bits per heavy atom. The predicted octanol–water partition coefficient (Wildman–Crippen LogP) is 2.30. The zero-order chi connectivity index (χ0) is 12.4. The first-order valence-corrected chi connectivity index (χ1v) is 6.68. The van der Waals surface area contributed by atoms with Gasteiger partial charge in [-0.05, 0) is 30.8 Å². The van der Waals surface area contributed by atoms with Crippen molar-refractivity contribution < 1.29 is 9.47 Å². The summed E-state index contributed by atoms with van der Waals surface area (Å²) in [6.45, 7) is 2.04. The van der Waals surface area contributed by atoms with Gasteiger partial charge in [0.05, 0.1) is 4.88 Å². The summed E-state index contributed by atoms with van der Waals surface area (Å²) in [5.74, 6) is 1.65. The SMILES string of the molecule is CNCc1ncc(-c2ccc3c(c2)OCCO3)s1. The van der Waals surface area contributed by atoms with Crippen LogP contribution in [0.4, 0.5) is 0 Å². The van der Waals surface area contributed by atoms with Crippen LogP contribution in [0.5, 0.6) is 11.5 Å². The lowest BCUT2D eigenvalue weighted by Gasteiger charge is -2.18. The zero-order valence-electron chi connectivity index (χ0n) is 10.1. The van der Waals surface area contributed by atoms with Gasteiger partial charge in [-0.2, -0.15) is 0 Å². The number of fused-ring (bicyclic) bond motifs is 1. The van der Waals surface area contributed by atoms with E-state index in [1.54, 1.807) is 11.3 Å². The molecule has 0 radical (unpaired) electrons. The molecule has 4 nitrogen and oxygen atoms in total. The molecular weight excluding hydrogens is 248 g/mol. The number of nitrogens with zero attached hydrogens (tertiary/aromatic N) is 1. The Labute approximate surface area is 110 Å². The minimum Gasteiger partial charge on any atom is -0.486 e. The van der Waals surface area contributed by atoms with E-state index in [0.717, 1.165) is 33.5 Å². The van der Waals surface area contributed by atoms with Gasteiger partial charge >= 0.3 is 0 Å². The standard InChI is InChI=1S/C13H14N2O2S/c1-14-8-13-15-7-12(18-13)9-2-3-10-11(6-9)17-5-4-16-10/h2-3,6-7,14H,4-5,8H2,1H3. The van der Waals surface area contributed by atoms with Gasteiger partial charge in [0.25, 0.3) is 0 Å². The molecule has 0 saturated heterocycles. The van der Waals surface area contributed by atoms with E-state index in [2.05, 4.69) is 10.3 Å². The lowest BCUT2D eigenvalue weighted by molar-refractivity contribution is 0.171. The van der Waals surface area contributed by atoms with Crippen LogP contribution < -0.4 is 14.8 Å². The lowest BCUT2D eigenvalue weighted by Crippen LogP contribution is -2.15. The summed E-state index contributed by atoms with van der Waals surface area (Å²) in [6.07, 6.45) is 1.91. The van der Waals surface area contributed by atoms with Crippen molar-refractivity contribution in [1.82, 2.24) is 10.3 Å². The number of nitrogens with one attached hydrogen (secondary N) is 1. The van der Waals surface area contributed by atoms with Crippen molar-refractivity contribution in [2.75, 3.05) is 20.3 Å². The molecule has 1 aliphatic rings. The third kappa shape index (κ3) is 2.19. The summed E-state index contributed by atoms with van der Waals surface area (Å²) in [4.78, 5) is 5.53. The molecule has 0 fully saturated rings. The molecule has 1 N–H and O–H groups in total. The molecule has 0 spiro atoms. The van der Waals surface area contributed by atoms with Crippen LogP contribution in [0, 0.1) is 0 Å². The van der Waals surface area contributed by atoms with E-state index in [9.17, 15) is 0 Å². The van der Waals surface area contributed by atoms with Gasteiger partial charge in [0.2, 0.25) is 0 Å². The maximum Gasteiger partial charge on any atom is 0.162 e. The lowest BCUT2D eigenvalue weighted by atomic mass is 10.2. The number of ether oxygens (including phenoxy) is 2. The Bertz CT molecular complexity index is 554. The Morgan fingerprint density at radius 3 is 2.94 bits per heavy atom. The molecule has 5 heteroatoms. The van der Waals surface area contributed by atoms with Crippen molar-refractivity contribution in [2.24, 2.45) is 0 Å². The van der Waals surface area contributed by atoms with E-state index in [4.69, 9.17) is 9.47 Å². The Balaban J connectivity index is 1.91. The van der Waals surface area contributed by atoms with Gasteiger partial charge in [-0.1, -0.05) is 0 Å². The van der Waals surface area contributed by atoms with E-state index in [1.165, 1.54) is 0 Å². The molecule has 1 aromatic carbocycles. The molecule has 3 rings (SSSR count). The predicted molar refractivity (Wildman–Crippen MR) is 71.3 cm³/mol. The van der Waals surface area contributed by atoms with Crippen LogP contribution in [0.3, 0.4) is 0 Å². The average Bonchev–Trinajstić information content (AvgIpc) is 2.87. The Hall–Kier alpha value is -1.59. The molecule has 1 aromatic heterocycles. The second-order valence-electron chi connectivity index (χ2n) is 4.01. The van der Waals surface area contributed by atoms with Crippen LogP contribution in [-0.2, 0) is 6.54 Å². The molecule has 2 aromatic rings. The fourth-order valence-electron chi connectivity index (χ4n) is 1.87. The van der Waals surface area contributed by atoms with Crippen LogP contribution in [0.25, 0.3) is 10.4 Å². The van der Waals surface area contributed by atoms with Crippen molar-refractivity contribution in [3.8, 4) is 21.9 Å². The maximum absolute atomic E-state index is 5.59. The van der Waals surface area contributed by atoms with Gasteiger partial charge in [-0.15, -0.1) is 11.3 Å². The Kier molecular flexibility index (Phi) is 3.17. The fraction of sp³-hybridized carbons (Fsp3) is 0.308. The van der Waals surface area contributed by atoms with Crippen LogP contribution in [0.15, 0.2) is 24.4 Å². The number of benzene rings is 1. The van der Waals surface area contributed by atoms with Gasteiger partial charge in [0.1, 0.15) is 18.2 Å². The zero-order valence-corrected chi connectivity index (χ0v) is 10.9. The van der Waals surface area contributed by atoms with E-state index in [0.29, 0.717) is 13.2 Å². The first kappa shape index (κ1) is 11.5. The van der Waals surface area contributed by atoms with Crippen LogP contribution in [0.2, 0.25) is 0 Å². The number of hydrogen-bond donors (Lipinski definition) is 1. The molecule has 0 aliphatic carbocycles. The summed E-state index contributed by atoms with van der Waals surface area (Å²) in [6, 6.07) is 6.02. The molecule has 0 amide bonds. The molecule has 0 saturated carbocycles. The minimum absolute atomic E-state index is 0.615. The molecule has 1 aliphatic heterocycles. The number of hydrogen-bond acceptors (Lipinski definition) is 5. The fourth-order valence-corrected chi connectivity index (χ4v) is 2.80. The summed E-state index contributed by atoms with van der Waals surface area (Å²) >= 11 is 1.69. The third-order valence-corrected chi connectivity index (χ3v) is 3.75. The van der Waals surface area contributed by atoms with Gasteiger partial charge < -0.3 is 14.8 Å². The molecule has 0 unspecified atom stereocenters. The highest BCUT2D eigenvalue weighted by molar-refractivity contribution is 7.15. The summed E-state index contributed by atoms with van der Waals surface area (Å²) < 4.78 is 11.1. The number of aromatic nitrogens is 1. The molecule has 18 heavy (non-hydrogen) atoms. The van der Waals surface area contributed by atoms with Crippen LogP contribution in [0.1, 0.15) is 5.01 Å². The van der Waals surface area contributed by atoms with Gasteiger partial charge in [0.15, 0.2) is 11.5 Å². The summed E-state index contributed by atoms with van der Waals surface area (Å²) in [5.41, 5.74) is 1.12. The number of rotatable bonds is 3. The van der Waals surface area contributed by atoms with E-state index < -0.39 is 0 Å². The largest absolute Gasteiger partial charge is 0.486 e. The molecule has 94 valence electrons. The maximum atomic E-state index is 5.59. The second kappa shape index (κ2) is 4.96. The summed E-state index contributed by atoms with van der Waals surface area (Å²) in [5, 5.41) is 4.19.